The van der Waals surface area contributed by atoms with Crippen molar-refractivity contribution in [2.75, 3.05) is 32.7 Å². The van der Waals surface area contributed by atoms with Crippen LogP contribution >= 0.6 is 11.6 Å². The van der Waals surface area contributed by atoms with Gasteiger partial charge in [0.2, 0.25) is 0 Å². The summed E-state index contributed by atoms with van der Waals surface area (Å²) in [5, 5.41) is 13.0. The van der Waals surface area contributed by atoms with Crippen LogP contribution in [0, 0.1) is 5.82 Å². The average molecular weight is 410 g/mol. The number of ether oxygens (including phenoxy) is 3. The predicted octanol–water partition coefficient (Wildman–Crippen LogP) is 3.53. The molecule has 2 aromatic carbocycles. The molecule has 0 aliphatic carbocycles. The normalized spacial score (nSPS) is 11.9. The van der Waals surface area contributed by atoms with Crippen LogP contribution in [0.25, 0.3) is 6.08 Å². The Morgan fingerprint density at radius 2 is 2.04 bits per heavy atom. The number of esters is 1. The number of carbonyl (C=O) groups excluding carboxylic acids is 1. The van der Waals surface area contributed by atoms with Crippen molar-refractivity contribution in [2.45, 2.75) is 6.10 Å². The van der Waals surface area contributed by atoms with Crippen molar-refractivity contribution >= 4 is 29.3 Å². The van der Waals surface area contributed by atoms with E-state index in [2.05, 4.69) is 10.1 Å². The second-order valence-corrected chi connectivity index (χ2v) is 6.15. The number of aliphatic hydroxyl groups is 1. The number of nitrogens with one attached hydrogen (secondary N) is 1. The smallest absolute Gasteiger partial charge is 0.330 e. The lowest BCUT2D eigenvalue weighted by Gasteiger charge is -2.16. The molecule has 28 heavy (non-hydrogen) atoms. The molecule has 0 aliphatic heterocycles. The van der Waals surface area contributed by atoms with Crippen LogP contribution in [0.1, 0.15) is 5.56 Å². The van der Waals surface area contributed by atoms with Crippen LogP contribution in [0.5, 0.6) is 11.5 Å². The Labute approximate surface area is 167 Å². The molecule has 0 spiro atoms. The summed E-state index contributed by atoms with van der Waals surface area (Å²) in [6.07, 6.45) is 2.06. The van der Waals surface area contributed by atoms with Gasteiger partial charge in [-0.25, -0.2) is 9.18 Å². The van der Waals surface area contributed by atoms with E-state index in [1.165, 1.54) is 38.5 Å². The third-order valence-corrected chi connectivity index (χ3v) is 3.98. The first-order chi connectivity index (χ1) is 13.4. The molecule has 0 amide bonds. The van der Waals surface area contributed by atoms with Gasteiger partial charge in [0.25, 0.3) is 0 Å². The van der Waals surface area contributed by atoms with E-state index in [0.29, 0.717) is 17.2 Å². The first-order valence-corrected chi connectivity index (χ1v) is 8.74. The first kappa shape index (κ1) is 21.5. The van der Waals surface area contributed by atoms with E-state index < -0.39 is 17.9 Å². The largest absolute Gasteiger partial charge is 0.493 e. The van der Waals surface area contributed by atoms with Gasteiger partial charge >= 0.3 is 5.97 Å². The van der Waals surface area contributed by atoms with Crippen molar-refractivity contribution in [3.8, 4) is 11.5 Å². The highest BCUT2D eigenvalue weighted by Crippen LogP contribution is 2.28. The van der Waals surface area contributed by atoms with Crippen molar-refractivity contribution in [3.63, 3.8) is 0 Å². The summed E-state index contributed by atoms with van der Waals surface area (Å²) in [7, 11) is 2.79. The van der Waals surface area contributed by atoms with Crippen LogP contribution in [-0.2, 0) is 9.53 Å². The fraction of sp³-hybridized carbons (Fsp3) is 0.250. The molecule has 0 fully saturated rings. The zero-order chi connectivity index (χ0) is 20.5. The molecule has 6 nitrogen and oxygen atoms in total. The number of benzene rings is 2. The molecule has 2 N–H and O–H groups in total. The molecule has 1 unspecified atom stereocenters. The summed E-state index contributed by atoms with van der Waals surface area (Å²) in [5.41, 5.74) is 1.31. The van der Waals surface area contributed by atoms with Crippen molar-refractivity contribution in [1.82, 2.24) is 0 Å². The van der Waals surface area contributed by atoms with Gasteiger partial charge < -0.3 is 24.6 Å². The monoisotopic (exact) mass is 409 g/mol. The number of hydrogen-bond acceptors (Lipinski definition) is 6. The Morgan fingerprint density at radius 3 is 2.71 bits per heavy atom. The van der Waals surface area contributed by atoms with Crippen LogP contribution in [-0.4, -0.2) is 44.6 Å². The molecule has 2 aromatic rings. The standard InChI is InChI=1S/C20H21ClFNO5/c1-26-19-9-13(4-8-20(25)27-2)3-7-18(19)28-12-15(24)11-23-14-5-6-17(22)16(21)10-14/h3-10,15,23-24H,11-12H2,1-2H3/b8-4+. The number of halogens is 2. The third-order valence-electron chi connectivity index (χ3n) is 3.69. The Bertz CT molecular complexity index is 843. The van der Waals surface area contributed by atoms with E-state index in [4.69, 9.17) is 21.1 Å². The Balaban J connectivity index is 1.90. The summed E-state index contributed by atoms with van der Waals surface area (Å²) in [5.74, 6) is -0.0653. The molecule has 2 rings (SSSR count). The van der Waals surface area contributed by atoms with E-state index in [0.717, 1.165) is 5.56 Å². The van der Waals surface area contributed by atoms with Crippen LogP contribution in [0.2, 0.25) is 5.02 Å². The van der Waals surface area contributed by atoms with Gasteiger partial charge in [0.1, 0.15) is 18.5 Å². The Morgan fingerprint density at radius 1 is 1.25 bits per heavy atom. The van der Waals surface area contributed by atoms with Gasteiger partial charge in [-0.15, -0.1) is 0 Å². The van der Waals surface area contributed by atoms with Gasteiger partial charge in [-0.05, 0) is 42.0 Å². The van der Waals surface area contributed by atoms with E-state index in [9.17, 15) is 14.3 Å². The molecule has 0 saturated heterocycles. The Hall–Kier alpha value is -2.77. The van der Waals surface area contributed by atoms with E-state index >= 15 is 0 Å². The summed E-state index contributed by atoms with van der Waals surface area (Å²) in [4.78, 5) is 11.2. The van der Waals surface area contributed by atoms with Crippen LogP contribution in [0.15, 0.2) is 42.5 Å². The first-order valence-electron chi connectivity index (χ1n) is 8.36. The minimum absolute atomic E-state index is 0.00168. The number of aliphatic hydroxyl groups excluding tert-OH is 1. The minimum atomic E-state index is -0.826. The molecular formula is C20H21ClFNO5. The Kier molecular flexibility index (Phi) is 8.10. The average Bonchev–Trinajstić information content (AvgIpc) is 2.71. The van der Waals surface area contributed by atoms with E-state index in [1.54, 1.807) is 24.3 Å². The molecule has 1 atom stereocenters. The van der Waals surface area contributed by atoms with Gasteiger partial charge in [0.05, 0.1) is 19.2 Å². The molecule has 0 radical (unpaired) electrons. The van der Waals surface area contributed by atoms with Crippen molar-refractivity contribution in [2.24, 2.45) is 0 Å². The van der Waals surface area contributed by atoms with Crippen molar-refractivity contribution < 1.29 is 28.5 Å². The van der Waals surface area contributed by atoms with Crippen LogP contribution in [0.4, 0.5) is 10.1 Å². The van der Waals surface area contributed by atoms with Gasteiger partial charge in [-0.2, -0.15) is 0 Å². The van der Waals surface area contributed by atoms with Gasteiger partial charge in [-0.1, -0.05) is 17.7 Å². The predicted molar refractivity (Wildman–Crippen MR) is 105 cm³/mol. The fourth-order valence-electron chi connectivity index (χ4n) is 2.23. The van der Waals surface area contributed by atoms with Crippen molar-refractivity contribution in [3.05, 3.63) is 58.9 Å². The highest BCUT2D eigenvalue weighted by atomic mass is 35.5. The van der Waals surface area contributed by atoms with Gasteiger partial charge in [-0.3, -0.25) is 0 Å². The van der Waals surface area contributed by atoms with Crippen molar-refractivity contribution in [1.29, 1.82) is 0 Å². The second-order valence-electron chi connectivity index (χ2n) is 5.74. The maximum Gasteiger partial charge on any atom is 0.330 e. The maximum atomic E-state index is 13.1. The second kappa shape index (κ2) is 10.5. The molecule has 0 bridgehead atoms. The van der Waals surface area contributed by atoms with E-state index in [-0.39, 0.29) is 18.2 Å². The lowest BCUT2D eigenvalue weighted by atomic mass is 10.2. The summed E-state index contributed by atoms with van der Waals surface area (Å²) in [6.45, 7) is 0.194. The van der Waals surface area contributed by atoms with Gasteiger partial charge in [0.15, 0.2) is 11.5 Å². The minimum Gasteiger partial charge on any atom is -0.493 e. The topological polar surface area (TPSA) is 77.0 Å². The highest BCUT2D eigenvalue weighted by molar-refractivity contribution is 6.31. The number of anilines is 1. The molecule has 8 heteroatoms. The lowest BCUT2D eigenvalue weighted by Crippen LogP contribution is -2.26. The molecule has 0 heterocycles. The quantitative estimate of drug-likeness (QED) is 0.487. The highest BCUT2D eigenvalue weighted by Gasteiger charge is 2.10. The summed E-state index contributed by atoms with van der Waals surface area (Å²) in [6, 6.07) is 9.32. The molecule has 0 saturated carbocycles. The zero-order valence-electron chi connectivity index (χ0n) is 15.4. The number of rotatable bonds is 9. The lowest BCUT2D eigenvalue weighted by molar-refractivity contribution is -0.134. The third kappa shape index (κ3) is 6.44. The molecular weight excluding hydrogens is 389 g/mol. The molecule has 0 aliphatic rings. The summed E-state index contributed by atoms with van der Waals surface area (Å²) < 4.78 is 28.6. The van der Waals surface area contributed by atoms with Crippen LogP contribution in [0.3, 0.4) is 0 Å². The number of carbonyl (C=O) groups is 1. The molecule has 150 valence electrons. The number of methoxy groups -OCH3 is 2. The number of hydrogen-bond donors (Lipinski definition) is 2. The summed E-state index contributed by atoms with van der Waals surface area (Å²) >= 11 is 5.72. The zero-order valence-corrected chi connectivity index (χ0v) is 16.2. The van der Waals surface area contributed by atoms with Gasteiger partial charge in [0, 0.05) is 18.3 Å². The fourth-order valence-corrected chi connectivity index (χ4v) is 2.41. The van der Waals surface area contributed by atoms with E-state index in [1.807, 2.05) is 0 Å². The maximum absolute atomic E-state index is 13.1. The molecule has 0 aromatic heterocycles. The SMILES string of the molecule is COC(=O)/C=C/c1ccc(OCC(O)CNc2ccc(F)c(Cl)c2)c(OC)c1. The van der Waals surface area contributed by atoms with Crippen LogP contribution < -0.4 is 14.8 Å².